The molecule has 2 aromatic rings. The van der Waals surface area contributed by atoms with Crippen molar-refractivity contribution in [2.75, 3.05) is 19.4 Å². The van der Waals surface area contributed by atoms with Gasteiger partial charge in [0.05, 0.1) is 11.7 Å². The second-order valence-corrected chi connectivity index (χ2v) is 7.42. The van der Waals surface area contributed by atoms with E-state index in [-0.39, 0.29) is 17.1 Å². The van der Waals surface area contributed by atoms with Gasteiger partial charge in [0, 0.05) is 25.5 Å². The molecule has 25 heavy (non-hydrogen) atoms. The summed E-state index contributed by atoms with van der Waals surface area (Å²) in [6.07, 6.45) is 0.366. The fraction of sp³-hybridized carbons (Fsp3) is 0.300. The molecular weight excluding hydrogens is 332 g/mol. The fourth-order valence-corrected chi connectivity index (χ4v) is 3.00. The zero-order valence-electron chi connectivity index (χ0n) is 14.9. The molecule has 2 rings (SSSR count). The fourth-order valence-electron chi connectivity index (χ4n) is 2.15. The van der Waals surface area contributed by atoms with Gasteiger partial charge in [-0.3, -0.25) is 9.59 Å². The third-order valence-corrected chi connectivity index (χ3v) is 5.00. The molecule has 0 aliphatic heterocycles. The second kappa shape index (κ2) is 9.28. The Morgan fingerprint density at radius 1 is 1.00 bits per heavy atom. The third-order valence-electron chi connectivity index (χ3n) is 3.79. The first-order valence-electron chi connectivity index (χ1n) is 8.21. The number of anilines is 1. The maximum absolute atomic E-state index is 12.3. The van der Waals surface area contributed by atoms with Crippen LogP contribution in [0.3, 0.4) is 0 Å². The zero-order valence-corrected chi connectivity index (χ0v) is 15.7. The van der Waals surface area contributed by atoms with E-state index < -0.39 is 0 Å². The zero-order chi connectivity index (χ0) is 18.2. The summed E-state index contributed by atoms with van der Waals surface area (Å²) < 4.78 is 0. The highest BCUT2D eigenvalue weighted by atomic mass is 32.2. The van der Waals surface area contributed by atoms with Crippen molar-refractivity contribution in [3.05, 3.63) is 65.7 Å². The van der Waals surface area contributed by atoms with Crippen molar-refractivity contribution in [3.63, 3.8) is 0 Å². The van der Waals surface area contributed by atoms with Crippen LogP contribution in [0.25, 0.3) is 0 Å². The number of nitrogens with zero attached hydrogens (tertiary/aromatic N) is 1. The van der Waals surface area contributed by atoms with Gasteiger partial charge >= 0.3 is 0 Å². The molecule has 0 radical (unpaired) electrons. The smallest absolute Gasteiger partial charge is 0.237 e. The van der Waals surface area contributed by atoms with E-state index in [2.05, 4.69) is 17.4 Å². The first-order valence-corrected chi connectivity index (χ1v) is 9.26. The molecule has 1 N–H and O–H groups in total. The lowest BCUT2D eigenvalue weighted by atomic mass is 10.1. The van der Waals surface area contributed by atoms with Crippen LogP contribution in [-0.2, 0) is 21.8 Å². The molecule has 4 nitrogen and oxygen atoms in total. The first kappa shape index (κ1) is 19.1. The molecule has 0 bridgehead atoms. The normalized spacial score (nSPS) is 11.6. The van der Waals surface area contributed by atoms with Gasteiger partial charge in [0.2, 0.25) is 11.8 Å². The number of likely N-dealkylation sites (N-methyl/N-ethyl adjacent to an activating group) is 1. The number of carbonyl (C=O) groups excluding carboxylic acids is 2. The Hall–Kier alpha value is -2.27. The molecule has 5 heteroatoms. The number of benzene rings is 2. The van der Waals surface area contributed by atoms with E-state index in [9.17, 15) is 9.59 Å². The number of rotatable bonds is 7. The Kier molecular flexibility index (Phi) is 7.07. The summed E-state index contributed by atoms with van der Waals surface area (Å²) >= 11 is 1.61. The summed E-state index contributed by atoms with van der Waals surface area (Å²) in [5, 5.41) is 2.78. The van der Waals surface area contributed by atoms with Crippen LogP contribution >= 0.6 is 11.8 Å². The van der Waals surface area contributed by atoms with Gasteiger partial charge < -0.3 is 10.2 Å². The minimum Gasteiger partial charge on any atom is -0.349 e. The van der Waals surface area contributed by atoms with Gasteiger partial charge in [-0.1, -0.05) is 42.5 Å². The van der Waals surface area contributed by atoms with Crippen molar-refractivity contribution < 1.29 is 9.59 Å². The van der Waals surface area contributed by atoms with Gasteiger partial charge in [-0.15, -0.1) is 11.8 Å². The predicted octanol–water partition coefficient (Wildman–Crippen LogP) is 3.58. The van der Waals surface area contributed by atoms with Crippen LogP contribution in [0.1, 0.15) is 18.1 Å². The summed E-state index contributed by atoms with van der Waals surface area (Å²) in [4.78, 5) is 25.6. The molecule has 1 unspecified atom stereocenters. The van der Waals surface area contributed by atoms with Gasteiger partial charge in [-0.25, -0.2) is 0 Å². The summed E-state index contributed by atoms with van der Waals surface area (Å²) in [5.74, 6) is 0.849. The molecule has 0 aromatic heterocycles. The highest BCUT2D eigenvalue weighted by molar-refractivity contribution is 7.99. The highest BCUT2D eigenvalue weighted by Crippen LogP contribution is 2.19. The molecule has 2 amide bonds. The lowest BCUT2D eigenvalue weighted by molar-refractivity contribution is -0.128. The topological polar surface area (TPSA) is 49.4 Å². The summed E-state index contributed by atoms with van der Waals surface area (Å²) in [6, 6.07) is 17.5. The van der Waals surface area contributed by atoms with Gasteiger partial charge in [0.15, 0.2) is 0 Å². The lowest BCUT2D eigenvalue weighted by Gasteiger charge is -2.13. The van der Waals surface area contributed by atoms with Gasteiger partial charge in [0.1, 0.15) is 0 Å². The Labute approximate surface area is 153 Å². The van der Waals surface area contributed by atoms with E-state index in [1.807, 2.05) is 49.4 Å². The van der Waals surface area contributed by atoms with Crippen LogP contribution in [0.5, 0.6) is 0 Å². The molecule has 1 atom stereocenters. The molecule has 0 aliphatic rings. The van der Waals surface area contributed by atoms with Crippen LogP contribution in [0.2, 0.25) is 0 Å². The van der Waals surface area contributed by atoms with Crippen LogP contribution in [0.15, 0.2) is 54.6 Å². The maximum Gasteiger partial charge on any atom is 0.237 e. The van der Waals surface area contributed by atoms with E-state index in [0.717, 1.165) is 17.0 Å². The average Bonchev–Trinajstić information content (AvgIpc) is 2.62. The van der Waals surface area contributed by atoms with Crippen LogP contribution in [-0.4, -0.2) is 36.1 Å². The van der Waals surface area contributed by atoms with Crippen LogP contribution in [0.4, 0.5) is 5.69 Å². The lowest BCUT2D eigenvalue weighted by Crippen LogP contribution is -2.23. The minimum atomic E-state index is -0.143. The maximum atomic E-state index is 12.3. The highest BCUT2D eigenvalue weighted by Gasteiger charge is 2.14. The van der Waals surface area contributed by atoms with E-state index in [4.69, 9.17) is 0 Å². The number of amides is 2. The van der Waals surface area contributed by atoms with Crippen molar-refractivity contribution in [2.24, 2.45) is 0 Å². The quantitative estimate of drug-likeness (QED) is 0.825. The number of nitrogens with one attached hydrogen (secondary N) is 1. The van der Waals surface area contributed by atoms with Gasteiger partial charge in [0.25, 0.3) is 0 Å². The van der Waals surface area contributed by atoms with Crippen molar-refractivity contribution in [1.29, 1.82) is 0 Å². The van der Waals surface area contributed by atoms with E-state index in [1.54, 1.807) is 30.8 Å². The SMILES string of the molecule is CC(SCc1ccccc1)C(=O)Nc1ccc(CC(=O)N(C)C)cc1. The molecule has 132 valence electrons. The summed E-state index contributed by atoms with van der Waals surface area (Å²) in [5.41, 5.74) is 2.89. The van der Waals surface area contributed by atoms with Crippen molar-refractivity contribution in [3.8, 4) is 0 Å². The Balaban J connectivity index is 1.84. The Morgan fingerprint density at radius 2 is 1.64 bits per heavy atom. The largest absolute Gasteiger partial charge is 0.349 e. The standard InChI is InChI=1S/C20H24N2O2S/c1-15(25-14-17-7-5-4-6-8-17)20(24)21-18-11-9-16(10-12-18)13-19(23)22(2)3/h4-12,15H,13-14H2,1-3H3,(H,21,24). The Bertz CT molecular complexity index is 699. The number of hydrogen-bond acceptors (Lipinski definition) is 3. The third kappa shape index (κ3) is 6.27. The number of thioether (sulfide) groups is 1. The average molecular weight is 356 g/mol. The summed E-state index contributed by atoms with van der Waals surface area (Å²) in [7, 11) is 3.48. The van der Waals surface area contributed by atoms with Gasteiger partial charge in [-0.2, -0.15) is 0 Å². The van der Waals surface area contributed by atoms with E-state index in [1.165, 1.54) is 5.56 Å². The first-order chi connectivity index (χ1) is 12.0. The molecular formula is C20H24N2O2S. The van der Waals surface area contributed by atoms with Gasteiger partial charge in [-0.05, 0) is 30.2 Å². The number of hydrogen-bond donors (Lipinski definition) is 1. The molecule has 0 fully saturated rings. The predicted molar refractivity (Wildman–Crippen MR) is 105 cm³/mol. The van der Waals surface area contributed by atoms with Crippen molar-refractivity contribution in [2.45, 2.75) is 24.3 Å². The molecule has 0 saturated carbocycles. The number of carbonyl (C=O) groups is 2. The molecule has 2 aromatic carbocycles. The molecule has 0 heterocycles. The minimum absolute atomic E-state index is 0.0157. The van der Waals surface area contributed by atoms with Crippen LogP contribution < -0.4 is 5.32 Å². The summed E-state index contributed by atoms with van der Waals surface area (Å²) in [6.45, 7) is 1.91. The molecule has 0 saturated heterocycles. The van der Waals surface area contributed by atoms with Crippen LogP contribution in [0, 0.1) is 0 Å². The van der Waals surface area contributed by atoms with Crippen molar-refractivity contribution in [1.82, 2.24) is 4.90 Å². The van der Waals surface area contributed by atoms with Crippen molar-refractivity contribution >= 4 is 29.3 Å². The van der Waals surface area contributed by atoms with E-state index >= 15 is 0 Å². The second-order valence-electron chi connectivity index (χ2n) is 6.09. The Morgan fingerprint density at radius 3 is 2.24 bits per heavy atom. The van der Waals surface area contributed by atoms with E-state index in [0.29, 0.717) is 6.42 Å². The molecule has 0 spiro atoms. The monoisotopic (exact) mass is 356 g/mol. The molecule has 0 aliphatic carbocycles.